The molecule has 2 N–H and O–H groups in total. The summed E-state index contributed by atoms with van der Waals surface area (Å²) in [6.07, 6.45) is 8.17. The number of nitrogens with zero attached hydrogens (tertiary/aromatic N) is 3. The molecule has 0 amide bonds. The molecule has 2 rings (SSSR count). The molecular weight excluding hydrogens is 362 g/mol. The quantitative estimate of drug-likeness (QED) is 0.488. The maximum atomic E-state index is 11.4. The van der Waals surface area contributed by atoms with Gasteiger partial charge in [-0.15, -0.1) is 0 Å². The highest BCUT2D eigenvalue weighted by Gasteiger charge is 2.39. The van der Waals surface area contributed by atoms with Crippen molar-refractivity contribution in [3.8, 4) is 0 Å². The summed E-state index contributed by atoms with van der Waals surface area (Å²) in [5.41, 5.74) is 0.195. The van der Waals surface area contributed by atoms with E-state index in [-0.39, 0.29) is 17.3 Å². The molecule has 2 aliphatic heterocycles. The van der Waals surface area contributed by atoms with Gasteiger partial charge in [-0.05, 0) is 72.3 Å². The largest absolute Gasteiger partial charge is 0.355 e. The van der Waals surface area contributed by atoms with Gasteiger partial charge in [-0.25, -0.2) is 8.42 Å². The van der Waals surface area contributed by atoms with E-state index in [1.807, 2.05) is 6.92 Å². The van der Waals surface area contributed by atoms with E-state index in [4.69, 9.17) is 0 Å². The van der Waals surface area contributed by atoms with Crippen LogP contribution in [-0.2, 0) is 9.84 Å². The second kappa shape index (κ2) is 10.1. The Labute approximate surface area is 165 Å². The van der Waals surface area contributed by atoms with Crippen molar-refractivity contribution in [2.75, 3.05) is 58.8 Å². The SMILES string of the molecule is CN=C(NCC1(N2CCCCC2)CCN(C)CC1)NC(C)CCS(C)(=O)=O. The first kappa shape index (κ1) is 22.4. The lowest BCUT2D eigenvalue weighted by Crippen LogP contribution is -2.62. The molecular formula is C19H39N5O2S. The summed E-state index contributed by atoms with van der Waals surface area (Å²) in [7, 11) is 1.05. The zero-order valence-corrected chi connectivity index (χ0v) is 18.4. The average Bonchev–Trinajstić information content (AvgIpc) is 2.65. The monoisotopic (exact) mass is 401 g/mol. The molecule has 0 aromatic rings. The lowest BCUT2D eigenvalue weighted by molar-refractivity contribution is 0.0173. The molecule has 7 nitrogen and oxygen atoms in total. The van der Waals surface area contributed by atoms with Crippen molar-refractivity contribution in [3.63, 3.8) is 0 Å². The summed E-state index contributed by atoms with van der Waals surface area (Å²) >= 11 is 0. The molecule has 0 aliphatic carbocycles. The molecule has 2 aliphatic rings. The Hall–Kier alpha value is -0.860. The fraction of sp³-hybridized carbons (Fsp3) is 0.947. The molecule has 0 aromatic carbocycles. The number of sulfone groups is 1. The molecule has 0 aromatic heterocycles. The van der Waals surface area contributed by atoms with E-state index < -0.39 is 9.84 Å². The van der Waals surface area contributed by atoms with Gasteiger partial charge in [0.05, 0.1) is 5.75 Å². The number of piperidine rings is 2. The minimum Gasteiger partial charge on any atom is -0.355 e. The second-order valence-electron chi connectivity index (χ2n) is 8.47. The van der Waals surface area contributed by atoms with E-state index in [1.165, 1.54) is 51.4 Å². The fourth-order valence-corrected chi connectivity index (χ4v) is 4.93. The van der Waals surface area contributed by atoms with Crippen LogP contribution in [0.2, 0.25) is 0 Å². The highest BCUT2D eigenvalue weighted by atomic mass is 32.2. The molecule has 0 bridgehead atoms. The summed E-state index contributed by atoms with van der Waals surface area (Å²) in [6, 6.07) is 0.0642. The minimum absolute atomic E-state index is 0.0642. The van der Waals surface area contributed by atoms with E-state index in [0.717, 1.165) is 25.6 Å². The normalized spacial score (nSPS) is 23.8. The fourth-order valence-electron chi connectivity index (χ4n) is 4.15. The number of rotatable bonds is 7. The van der Waals surface area contributed by atoms with Crippen LogP contribution in [0.3, 0.4) is 0 Å². The van der Waals surface area contributed by atoms with Gasteiger partial charge in [-0.1, -0.05) is 6.42 Å². The van der Waals surface area contributed by atoms with Crippen LogP contribution in [-0.4, -0.2) is 94.6 Å². The highest BCUT2D eigenvalue weighted by Crippen LogP contribution is 2.30. The van der Waals surface area contributed by atoms with Gasteiger partial charge >= 0.3 is 0 Å². The zero-order chi connectivity index (χ0) is 19.9. The van der Waals surface area contributed by atoms with Gasteiger partial charge < -0.3 is 15.5 Å². The Kier molecular flexibility index (Phi) is 8.37. The van der Waals surface area contributed by atoms with Crippen molar-refractivity contribution >= 4 is 15.8 Å². The molecule has 0 spiro atoms. The lowest BCUT2D eigenvalue weighted by Gasteiger charge is -2.50. The van der Waals surface area contributed by atoms with E-state index in [1.54, 1.807) is 7.05 Å². The van der Waals surface area contributed by atoms with Gasteiger partial charge in [-0.2, -0.15) is 0 Å². The lowest BCUT2D eigenvalue weighted by atomic mass is 9.84. The van der Waals surface area contributed by atoms with Crippen molar-refractivity contribution in [2.24, 2.45) is 4.99 Å². The highest BCUT2D eigenvalue weighted by molar-refractivity contribution is 7.90. The van der Waals surface area contributed by atoms with Crippen molar-refractivity contribution in [2.45, 2.75) is 57.0 Å². The Balaban J connectivity index is 1.93. The van der Waals surface area contributed by atoms with Crippen molar-refractivity contribution in [1.82, 2.24) is 20.4 Å². The molecule has 1 unspecified atom stereocenters. The molecule has 158 valence electrons. The first-order chi connectivity index (χ1) is 12.7. The van der Waals surface area contributed by atoms with Crippen LogP contribution < -0.4 is 10.6 Å². The van der Waals surface area contributed by atoms with Crippen LogP contribution in [0.15, 0.2) is 4.99 Å². The maximum Gasteiger partial charge on any atom is 0.191 e. The number of hydrogen-bond acceptors (Lipinski definition) is 5. The van der Waals surface area contributed by atoms with Gasteiger partial charge in [0.15, 0.2) is 5.96 Å². The Morgan fingerprint density at radius 3 is 2.33 bits per heavy atom. The standard InChI is InChI=1S/C19H39N5O2S/c1-17(8-15-27(4,25)26)22-18(20-2)21-16-19(9-13-23(3)14-10-19)24-11-6-5-7-12-24/h17H,5-16H2,1-4H3,(H2,20,21,22). The van der Waals surface area contributed by atoms with E-state index in [2.05, 4.69) is 32.5 Å². The minimum atomic E-state index is -2.93. The number of nitrogens with one attached hydrogen (secondary N) is 2. The van der Waals surface area contributed by atoms with Crippen molar-refractivity contribution < 1.29 is 8.42 Å². The van der Waals surface area contributed by atoms with Crippen LogP contribution in [0, 0.1) is 0 Å². The van der Waals surface area contributed by atoms with E-state index >= 15 is 0 Å². The summed E-state index contributed by atoms with van der Waals surface area (Å²) < 4.78 is 22.8. The molecule has 0 saturated carbocycles. The van der Waals surface area contributed by atoms with Gasteiger partial charge in [0.1, 0.15) is 9.84 Å². The third-order valence-electron chi connectivity index (χ3n) is 6.06. The average molecular weight is 402 g/mol. The van der Waals surface area contributed by atoms with Gasteiger partial charge in [-0.3, -0.25) is 9.89 Å². The summed E-state index contributed by atoms with van der Waals surface area (Å²) in [5.74, 6) is 0.966. The molecule has 8 heteroatoms. The van der Waals surface area contributed by atoms with Crippen LogP contribution in [0.25, 0.3) is 0 Å². The number of likely N-dealkylation sites (tertiary alicyclic amines) is 2. The van der Waals surface area contributed by atoms with Crippen molar-refractivity contribution in [1.29, 1.82) is 0 Å². The van der Waals surface area contributed by atoms with Crippen LogP contribution in [0.4, 0.5) is 0 Å². The Bertz CT molecular complexity index is 579. The molecule has 1 atom stereocenters. The second-order valence-corrected chi connectivity index (χ2v) is 10.7. The van der Waals surface area contributed by atoms with Gasteiger partial charge in [0.25, 0.3) is 0 Å². The van der Waals surface area contributed by atoms with Gasteiger partial charge in [0.2, 0.25) is 0 Å². The molecule has 2 saturated heterocycles. The number of aliphatic imine (C=N–C) groups is 1. The van der Waals surface area contributed by atoms with Gasteiger partial charge in [0, 0.05) is 31.4 Å². The first-order valence-corrected chi connectivity index (χ1v) is 12.4. The third-order valence-corrected chi connectivity index (χ3v) is 7.04. The smallest absolute Gasteiger partial charge is 0.191 e. The number of guanidine groups is 1. The summed E-state index contributed by atoms with van der Waals surface area (Å²) in [6.45, 7) is 7.56. The summed E-state index contributed by atoms with van der Waals surface area (Å²) in [5, 5.41) is 6.90. The predicted octanol–water partition coefficient (Wildman–Crippen LogP) is 0.925. The number of hydrogen-bond donors (Lipinski definition) is 2. The molecule has 27 heavy (non-hydrogen) atoms. The topological polar surface area (TPSA) is 77.0 Å². The summed E-state index contributed by atoms with van der Waals surface area (Å²) in [4.78, 5) is 9.49. The molecule has 2 fully saturated rings. The van der Waals surface area contributed by atoms with Crippen LogP contribution >= 0.6 is 0 Å². The first-order valence-electron chi connectivity index (χ1n) is 10.3. The third kappa shape index (κ3) is 7.23. The maximum absolute atomic E-state index is 11.4. The van der Waals surface area contributed by atoms with E-state index in [0.29, 0.717) is 6.42 Å². The predicted molar refractivity (Wildman–Crippen MR) is 113 cm³/mol. The molecule has 0 radical (unpaired) electrons. The zero-order valence-electron chi connectivity index (χ0n) is 17.6. The Morgan fingerprint density at radius 2 is 1.78 bits per heavy atom. The van der Waals surface area contributed by atoms with Crippen LogP contribution in [0.1, 0.15) is 45.4 Å². The molecule has 2 heterocycles. The van der Waals surface area contributed by atoms with Crippen LogP contribution in [0.5, 0.6) is 0 Å². The van der Waals surface area contributed by atoms with Crippen molar-refractivity contribution in [3.05, 3.63) is 0 Å². The Morgan fingerprint density at radius 1 is 1.15 bits per heavy atom. The van der Waals surface area contributed by atoms with E-state index in [9.17, 15) is 8.42 Å².